The van der Waals surface area contributed by atoms with Crippen molar-refractivity contribution in [2.45, 2.75) is 6.04 Å². The van der Waals surface area contributed by atoms with Crippen LogP contribution in [0, 0.1) is 17.1 Å². The lowest BCUT2D eigenvalue weighted by Gasteiger charge is -2.35. The molecule has 2 heterocycles. The average molecular weight is 326 g/mol. The average Bonchev–Trinajstić information content (AvgIpc) is 2.63. The second-order valence-corrected chi connectivity index (χ2v) is 5.64. The van der Waals surface area contributed by atoms with Crippen molar-refractivity contribution in [1.82, 2.24) is 9.88 Å². The molecule has 0 spiro atoms. The number of nitrogens with one attached hydrogen (secondary N) is 1. The fraction of sp³-hybridized carbons (Fsp3) is 0.333. The summed E-state index contributed by atoms with van der Waals surface area (Å²) in [5.41, 5.74) is 1.45. The Hall–Kier alpha value is -2.49. The van der Waals surface area contributed by atoms with E-state index in [2.05, 4.69) is 15.2 Å². The number of nitrogens with zero attached hydrogens (tertiary/aromatic N) is 3. The molecule has 2 aromatic rings. The molecule has 0 saturated carbocycles. The van der Waals surface area contributed by atoms with Gasteiger partial charge in [-0.05, 0) is 29.8 Å². The Morgan fingerprint density at radius 1 is 1.29 bits per heavy atom. The van der Waals surface area contributed by atoms with Crippen LogP contribution >= 0.6 is 0 Å². The summed E-state index contributed by atoms with van der Waals surface area (Å²) in [5, 5.41) is 12.1. The second kappa shape index (κ2) is 7.86. The molecule has 3 rings (SSSR count). The predicted molar refractivity (Wildman–Crippen MR) is 89.0 cm³/mol. The van der Waals surface area contributed by atoms with E-state index >= 15 is 0 Å². The third-order valence-corrected chi connectivity index (χ3v) is 4.09. The van der Waals surface area contributed by atoms with Gasteiger partial charge < -0.3 is 10.1 Å². The van der Waals surface area contributed by atoms with Gasteiger partial charge in [-0.15, -0.1) is 0 Å². The van der Waals surface area contributed by atoms with E-state index in [0.717, 1.165) is 18.7 Å². The van der Waals surface area contributed by atoms with E-state index in [1.54, 1.807) is 24.3 Å². The zero-order chi connectivity index (χ0) is 16.8. The van der Waals surface area contributed by atoms with Crippen molar-refractivity contribution in [3.8, 4) is 6.07 Å². The van der Waals surface area contributed by atoms with E-state index in [0.29, 0.717) is 31.1 Å². The van der Waals surface area contributed by atoms with Gasteiger partial charge in [-0.1, -0.05) is 12.1 Å². The van der Waals surface area contributed by atoms with Gasteiger partial charge in [0.2, 0.25) is 0 Å². The minimum atomic E-state index is -0.234. The minimum absolute atomic E-state index is 0.0297. The van der Waals surface area contributed by atoms with Gasteiger partial charge in [-0.2, -0.15) is 5.26 Å². The van der Waals surface area contributed by atoms with Crippen LogP contribution in [0.4, 0.5) is 10.2 Å². The lowest BCUT2D eigenvalue weighted by molar-refractivity contribution is 0.0186. The molecule has 1 aromatic heterocycles. The van der Waals surface area contributed by atoms with E-state index in [1.165, 1.54) is 12.3 Å². The summed E-state index contributed by atoms with van der Waals surface area (Å²) in [5.74, 6) is 0.464. The van der Waals surface area contributed by atoms with Gasteiger partial charge in [0.05, 0.1) is 24.8 Å². The summed E-state index contributed by atoms with van der Waals surface area (Å²) < 4.78 is 19.1. The predicted octanol–water partition coefficient (Wildman–Crippen LogP) is 2.58. The van der Waals surface area contributed by atoms with Crippen molar-refractivity contribution in [2.75, 3.05) is 38.2 Å². The fourth-order valence-electron chi connectivity index (χ4n) is 2.83. The van der Waals surface area contributed by atoms with Gasteiger partial charge >= 0.3 is 0 Å². The van der Waals surface area contributed by atoms with Crippen LogP contribution in [-0.4, -0.2) is 42.7 Å². The maximum atomic E-state index is 13.6. The van der Waals surface area contributed by atoms with Gasteiger partial charge in [0.15, 0.2) is 0 Å². The Morgan fingerprint density at radius 3 is 2.79 bits per heavy atom. The first-order valence-electron chi connectivity index (χ1n) is 7.93. The topological polar surface area (TPSA) is 61.2 Å². The number of pyridine rings is 1. The molecule has 1 aliphatic heterocycles. The maximum absolute atomic E-state index is 13.6. The number of ether oxygens (including phenoxy) is 1. The largest absolute Gasteiger partial charge is 0.379 e. The zero-order valence-electron chi connectivity index (χ0n) is 13.3. The number of anilines is 1. The van der Waals surface area contributed by atoms with Crippen LogP contribution in [0.1, 0.15) is 17.2 Å². The van der Waals surface area contributed by atoms with Crippen LogP contribution in [0.3, 0.4) is 0 Å². The summed E-state index contributed by atoms with van der Waals surface area (Å²) in [6.07, 6.45) is 1.54. The molecule has 1 aliphatic rings. The summed E-state index contributed by atoms with van der Waals surface area (Å²) in [7, 11) is 0. The minimum Gasteiger partial charge on any atom is -0.379 e. The highest BCUT2D eigenvalue weighted by Crippen LogP contribution is 2.23. The first kappa shape index (κ1) is 16.4. The van der Waals surface area contributed by atoms with Crippen molar-refractivity contribution in [3.05, 3.63) is 59.5 Å². The molecule has 24 heavy (non-hydrogen) atoms. The third kappa shape index (κ3) is 4.07. The number of halogens is 1. The van der Waals surface area contributed by atoms with E-state index in [9.17, 15) is 4.39 Å². The number of hydrogen-bond donors (Lipinski definition) is 1. The van der Waals surface area contributed by atoms with Crippen molar-refractivity contribution < 1.29 is 9.13 Å². The lowest BCUT2D eigenvalue weighted by atomic mass is 10.0. The molecule has 0 aliphatic carbocycles. The molecule has 1 saturated heterocycles. The van der Waals surface area contributed by atoms with Crippen LogP contribution in [0.5, 0.6) is 0 Å². The van der Waals surface area contributed by atoms with Crippen LogP contribution in [-0.2, 0) is 4.74 Å². The number of hydrogen-bond acceptors (Lipinski definition) is 5. The Bertz CT molecular complexity index is 708. The van der Waals surface area contributed by atoms with Gasteiger partial charge in [0.25, 0.3) is 0 Å². The SMILES string of the molecule is N#Cc1ccc(NC[C@@H](c2cccc(F)c2)N2CCOCC2)nc1. The Labute approximate surface area is 140 Å². The number of morpholine rings is 1. The maximum Gasteiger partial charge on any atom is 0.126 e. The molecule has 0 amide bonds. The molecule has 1 N–H and O–H groups in total. The quantitative estimate of drug-likeness (QED) is 0.915. The highest BCUT2D eigenvalue weighted by atomic mass is 19.1. The molecule has 1 atom stereocenters. The highest BCUT2D eigenvalue weighted by molar-refractivity contribution is 5.39. The molecule has 124 valence electrons. The molecule has 0 radical (unpaired) electrons. The van der Waals surface area contributed by atoms with Crippen molar-refractivity contribution in [2.24, 2.45) is 0 Å². The molecule has 0 bridgehead atoms. The smallest absolute Gasteiger partial charge is 0.126 e. The van der Waals surface area contributed by atoms with E-state index in [4.69, 9.17) is 10.00 Å². The highest BCUT2D eigenvalue weighted by Gasteiger charge is 2.23. The van der Waals surface area contributed by atoms with E-state index in [-0.39, 0.29) is 11.9 Å². The number of rotatable bonds is 5. The monoisotopic (exact) mass is 326 g/mol. The normalized spacial score (nSPS) is 16.3. The molecule has 5 nitrogen and oxygen atoms in total. The summed E-state index contributed by atoms with van der Waals surface area (Å²) in [6, 6.07) is 12.3. The zero-order valence-corrected chi connectivity index (χ0v) is 13.3. The van der Waals surface area contributed by atoms with Crippen LogP contribution in [0.25, 0.3) is 0 Å². The fourth-order valence-corrected chi connectivity index (χ4v) is 2.83. The summed E-state index contributed by atoms with van der Waals surface area (Å²) in [6.45, 7) is 3.58. The summed E-state index contributed by atoms with van der Waals surface area (Å²) >= 11 is 0. The van der Waals surface area contributed by atoms with E-state index < -0.39 is 0 Å². The number of aromatic nitrogens is 1. The number of benzene rings is 1. The Balaban J connectivity index is 1.75. The van der Waals surface area contributed by atoms with Crippen molar-refractivity contribution >= 4 is 5.82 Å². The van der Waals surface area contributed by atoms with Gasteiger partial charge in [-0.25, -0.2) is 9.37 Å². The van der Waals surface area contributed by atoms with Crippen molar-refractivity contribution in [1.29, 1.82) is 5.26 Å². The third-order valence-electron chi connectivity index (χ3n) is 4.09. The van der Waals surface area contributed by atoms with Crippen LogP contribution in [0.15, 0.2) is 42.6 Å². The summed E-state index contributed by atoms with van der Waals surface area (Å²) in [4.78, 5) is 6.51. The molecule has 1 aromatic carbocycles. The Kier molecular flexibility index (Phi) is 5.36. The molecule has 0 unspecified atom stereocenters. The molecule has 1 fully saturated rings. The second-order valence-electron chi connectivity index (χ2n) is 5.64. The molecular formula is C18H19FN4O. The lowest BCUT2D eigenvalue weighted by Crippen LogP contribution is -2.41. The van der Waals surface area contributed by atoms with Crippen molar-refractivity contribution in [3.63, 3.8) is 0 Å². The van der Waals surface area contributed by atoms with Crippen LogP contribution in [0.2, 0.25) is 0 Å². The van der Waals surface area contributed by atoms with E-state index in [1.807, 2.05) is 12.1 Å². The Morgan fingerprint density at radius 2 is 2.12 bits per heavy atom. The van der Waals surface area contributed by atoms with Gasteiger partial charge in [0, 0.05) is 25.8 Å². The number of nitriles is 1. The van der Waals surface area contributed by atoms with Gasteiger partial charge in [0.1, 0.15) is 17.7 Å². The molecular weight excluding hydrogens is 307 g/mol. The van der Waals surface area contributed by atoms with Gasteiger partial charge in [-0.3, -0.25) is 4.90 Å². The standard InChI is InChI=1S/C18H19FN4O/c19-16-3-1-2-15(10-16)17(23-6-8-24-9-7-23)13-22-18-5-4-14(11-20)12-21-18/h1-5,10,12,17H,6-9,13H2,(H,21,22)/t17-/m0/s1. The van der Waals surface area contributed by atoms with Crippen LogP contribution < -0.4 is 5.32 Å². The molecule has 6 heteroatoms. The first-order chi connectivity index (χ1) is 11.8. The first-order valence-corrected chi connectivity index (χ1v) is 7.93.